The molecule has 1 N–H and O–H groups in total. The first-order valence-electron chi connectivity index (χ1n) is 8.25. The van der Waals surface area contributed by atoms with Gasteiger partial charge in [0.15, 0.2) is 0 Å². The second-order valence-corrected chi connectivity index (χ2v) is 6.03. The zero-order valence-corrected chi connectivity index (χ0v) is 13.4. The molecule has 1 aromatic rings. The molecule has 1 aliphatic heterocycles. The van der Waals surface area contributed by atoms with Gasteiger partial charge in [-0.1, -0.05) is 32.3 Å². The lowest BCUT2D eigenvalue weighted by molar-refractivity contribution is -0.140. The van der Waals surface area contributed by atoms with Crippen molar-refractivity contribution in [2.75, 3.05) is 26.2 Å². The number of piperazine rings is 1. The van der Waals surface area contributed by atoms with Gasteiger partial charge in [-0.25, -0.2) is 4.39 Å². The average Bonchev–Trinajstić information content (AvgIpc) is 2.52. The van der Waals surface area contributed by atoms with Gasteiger partial charge in [0.25, 0.3) is 0 Å². The molecule has 0 radical (unpaired) electrons. The van der Waals surface area contributed by atoms with Crippen LogP contribution in [0.4, 0.5) is 17.6 Å². The Kier molecular flexibility index (Phi) is 6.41. The summed E-state index contributed by atoms with van der Waals surface area (Å²) >= 11 is 0. The van der Waals surface area contributed by atoms with Crippen molar-refractivity contribution in [3.63, 3.8) is 0 Å². The van der Waals surface area contributed by atoms with Crippen LogP contribution in [0.25, 0.3) is 0 Å². The summed E-state index contributed by atoms with van der Waals surface area (Å²) in [6.45, 7) is 5.36. The van der Waals surface area contributed by atoms with Crippen LogP contribution in [0.2, 0.25) is 0 Å². The summed E-state index contributed by atoms with van der Waals surface area (Å²) in [5, 5.41) is 3.25. The third-order valence-corrected chi connectivity index (χ3v) is 4.35. The third-order valence-electron chi connectivity index (χ3n) is 4.35. The first-order valence-corrected chi connectivity index (χ1v) is 8.25. The monoisotopic (exact) mass is 332 g/mol. The molecule has 6 heteroatoms. The Morgan fingerprint density at radius 1 is 1.17 bits per heavy atom. The van der Waals surface area contributed by atoms with E-state index in [1.54, 1.807) is 0 Å². The molecule has 1 heterocycles. The Balaban J connectivity index is 2.26. The maximum Gasteiger partial charge on any atom is 0.419 e. The highest BCUT2D eigenvalue weighted by atomic mass is 19.4. The van der Waals surface area contributed by atoms with Crippen LogP contribution < -0.4 is 5.32 Å². The lowest BCUT2D eigenvalue weighted by Gasteiger charge is -2.35. The van der Waals surface area contributed by atoms with Crippen LogP contribution in [0, 0.1) is 5.82 Å². The topological polar surface area (TPSA) is 15.3 Å². The largest absolute Gasteiger partial charge is 0.419 e. The van der Waals surface area contributed by atoms with E-state index in [9.17, 15) is 17.6 Å². The molecule has 2 rings (SSSR count). The van der Waals surface area contributed by atoms with Gasteiger partial charge in [0, 0.05) is 32.2 Å². The first kappa shape index (κ1) is 18.2. The van der Waals surface area contributed by atoms with Crippen molar-refractivity contribution in [2.45, 2.75) is 44.8 Å². The van der Waals surface area contributed by atoms with Crippen molar-refractivity contribution >= 4 is 0 Å². The fraction of sp³-hybridized carbons (Fsp3) is 0.647. The van der Waals surface area contributed by atoms with Crippen molar-refractivity contribution in [1.29, 1.82) is 0 Å². The zero-order valence-electron chi connectivity index (χ0n) is 13.4. The summed E-state index contributed by atoms with van der Waals surface area (Å²) in [5.41, 5.74) is -0.595. The maximum absolute atomic E-state index is 13.5. The van der Waals surface area contributed by atoms with Crippen LogP contribution in [-0.4, -0.2) is 31.1 Å². The van der Waals surface area contributed by atoms with Gasteiger partial charge in [-0.2, -0.15) is 13.2 Å². The van der Waals surface area contributed by atoms with Crippen LogP contribution in [0.5, 0.6) is 0 Å². The van der Waals surface area contributed by atoms with E-state index in [0.29, 0.717) is 5.56 Å². The van der Waals surface area contributed by atoms with E-state index in [0.717, 1.165) is 64.0 Å². The molecule has 0 aromatic heterocycles. The quantitative estimate of drug-likeness (QED) is 0.615. The number of rotatable bonds is 6. The first-order chi connectivity index (χ1) is 10.9. The number of halogens is 4. The van der Waals surface area contributed by atoms with Gasteiger partial charge in [-0.3, -0.25) is 4.90 Å². The Bertz CT molecular complexity index is 496. The van der Waals surface area contributed by atoms with Crippen molar-refractivity contribution < 1.29 is 17.6 Å². The minimum atomic E-state index is -4.66. The summed E-state index contributed by atoms with van der Waals surface area (Å²) < 4.78 is 52.5. The van der Waals surface area contributed by atoms with Gasteiger partial charge in [0.1, 0.15) is 5.82 Å². The van der Waals surface area contributed by atoms with Gasteiger partial charge in [-0.15, -0.1) is 0 Å². The minimum Gasteiger partial charge on any atom is -0.314 e. The second-order valence-electron chi connectivity index (χ2n) is 6.03. The number of alkyl halides is 3. The highest BCUT2D eigenvalue weighted by Crippen LogP contribution is 2.35. The van der Waals surface area contributed by atoms with Crippen molar-refractivity contribution in [1.82, 2.24) is 10.2 Å². The molecule has 2 nitrogen and oxygen atoms in total. The van der Waals surface area contributed by atoms with E-state index in [1.165, 1.54) is 6.07 Å². The number of hydrogen-bond acceptors (Lipinski definition) is 2. The molecule has 0 unspecified atom stereocenters. The molecule has 1 fully saturated rings. The number of unbranched alkanes of at least 4 members (excludes halogenated alkanes) is 2. The molecule has 0 bridgehead atoms. The summed E-state index contributed by atoms with van der Waals surface area (Å²) in [6.07, 6.45) is -0.778. The molecule has 130 valence electrons. The summed E-state index contributed by atoms with van der Waals surface area (Å²) in [5.74, 6) is -1.20. The molecule has 1 saturated heterocycles. The molecule has 1 aliphatic rings. The number of nitrogens with one attached hydrogen (secondary N) is 1. The Morgan fingerprint density at radius 2 is 1.87 bits per heavy atom. The predicted octanol–water partition coefficient (Wildman–Crippen LogP) is 4.37. The van der Waals surface area contributed by atoms with E-state index in [2.05, 4.69) is 17.1 Å². The molecule has 0 amide bonds. The molecule has 1 atom stereocenters. The Morgan fingerprint density at radius 3 is 2.48 bits per heavy atom. The third kappa shape index (κ3) is 4.91. The highest BCUT2D eigenvalue weighted by molar-refractivity contribution is 5.29. The fourth-order valence-corrected chi connectivity index (χ4v) is 3.11. The SMILES string of the molecule is CCCCC[C@H](c1ccc(F)c(C(F)(F)F)c1)N1CCNCC1. The van der Waals surface area contributed by atoms with E-state index < -0.39 is 17.6 Å². The van der Waals surface area contributed by atoms with E-state index in [4.69, 9.17) is 0 Å². The molecule has 0 saturated carbocycles. The van der Waals surface area contributed by atoms with Crippen LogP contribution in [0.1, 0.15) is 49.8 Å². The molecule has 0 aliphatic carbocycles. The number of hydrogen-bond donors (Lipinski definition) is 1. The molecule has 23 heavy (non-hydrogen) atoms. The van der Waals surface area contributed by atoms with Crippen LogP contribution in [-0.2, 0) is 6.18 Å². The summed E-state index contributed by atoms with van der Waals surface area (Å²) in [4.78, 5) is 2.21. The molecule has 1 aromatic carbocycles. The highest BCUT2D eigenvalue weighted by Gasteiger charge is 2.35. The van der Waals surface area contributed by atoms with E-state index in [1.807, 2.05) is 0 Å². The number of benzene rings is 1. The average molecular weight is 332 g/mol. The van der Waals surface area contributed by atoms with Gasteiger partial charge < -0.3 is 5.32 Å². The van der Waals surface area contributed by atoms with Gasteiger partial charge in [0.05, 0.1) is 5.56 Å². The van der Waals surface area contributed by atoms with Crippen molar-refractivity contribution in [3.8, 4) is 0 Å². The Hall–Kier alpha value is -1.14. The maximum atomic E-state index is 13.5. The summed E-state index contributed by atoms with van der Waals surface area (Å²) in [7, 11) is 0. The zero-order chi connectivity index (χ0) is 16.9. The van der Waals surface area contributed by atoms with Gasteiger partial charge in [0.2, 0.25) is 0 Å². The fourth-order valence-electron chi connectivity index (χ4n) is 3.11. The van der Waals surface area contributed by atoms with Gasteiger partial charge >= 0.3 is 6.18 Å². The lowest BCUT2D eigenvalue weighted by atomic mass is 9.96. The molecule has 0 spiro atoms. The smallest absolute Gasteiger partial charge is 0.314 e. The van der Waals surface area contributed by atoms with E-state index in [-0.39, 0.29) is 6.04 Å². The normalized spacial score (nSPS) is 18.1. The van der Waals surface area contributed by atoms with Gasteiger partial charge in [-0.05, 0) is 24.1 Å². The number of nitrogens with zero attached hydrogens (tertiary/aromatic N) is 1. The van der Waals surface area contributed by atoms with Crippen LogP contribution >= 0.6 is 0 Å². The summed E-state index contributed by atoms with van der Waals surface area (Å²) in [6, 6.07) is 3.37. The Labute approximate surface area is 134 Å². The van der Waals surface area contributed by atoms with Crippen molar-refractivity contribution in [3.05, 3.63) is 35.1 Å². The van der Waals surface area contributed by atoms with E-state index >= 15 is 0 Å². The second kappa shape index (κ2) is 8.11. The minimum absolute atomic E-state index is 0.0784. The van der Waals surface area contributed by atoms with Crippen molar-refractivity contribution in [2.24, 2.45) is 0 Å². The lowest BCUT2D eigenvalue weighted by Crippen LogP contribution is -2.45. The van der Waals surface area contributed by atoms with Crippen LogP contribution in [0.15, 0.2) is 18.2 Å². The standard InChI is InChI=1S/C17H24F4N2/c1-2-3-4-5-16(23-10-8-22-9-11-23)13-6-7-15(18)14(12-13)17(19,20)21/h6-7,12,16,22H,2-5,8-11H2,1H3/t16-/m1/s1. The van der Waals surface area contributed by atoms with Crippen LogP contribution in [0.3, 0.4) is 0 Å². The predicted molar refractivity (Wildman–Crippen MR) is 82.7 cm³/mol. The molecular formula is C17H24F4N2. The molecular weight excluding hydrogens is 308 g/mol.